The zero-order chi connectivity index (χ0) is 17.5. The molecule has 6 nitrogen and oxygen atoms in total. The molecule has 0 aliphatic carbocycles. The van der Waals surface area contributed by atoms with Gasteiger partial charge in [-0.15, -0.1) is 0 Å². The minimum Gasteiger partial charge on any atom is -0.496 e. The Balaban J connectivity index is 2.06. The minimum absolute atomic E-state index is 0.0217. The van der Waals surface area contributed by atoms with Gasteiger partial charge in [0.05, 0.1) is 7.11 Å². The van der Waals surface area contributed by atoms with Gasteiger partial charge in [0, 0.05) is 29.9 Å². The van der Waals surface area contributed by atoms with E-state index in [2.05, 4.69) is 15.6 Å². The van der Waals surface area contributed by atoms with Gasteiger partial charge >= 0.3 is 0 Å². The maximum Gasteiger partial charge on any atom is 0.270 e. The summed E-state index contributed by atoms with van der Waals surface area (Å²) in [6.45, 7) is 4.06. The molecule has 0 saturated carbocycles. The Bertz CT molecular complexity index is 729. The molecule has 0 atom stereocenters. The van der Waals surface area contributed by atoms with Crippen molar-refractivity contribution in [3.63, 3.8) is 0 Å². The number of ether oxygens (including phenoxy) is 1. The van der Waals surface area contributed by atoms with E-state index in [9.17, 15) is 9.59 Å². The van der Waals surface area contributed by atoms with Gasteiger partial charge in [-0.3, -0.25) is 14.6 Å². The third-order valence-electron chi connectivity index (χ3n) is 3.31. The van der Waals surface area contributed by atoms with E-state index in [1.807, 2.05) is 38.1 Å². The lowest BCUT2D eigenvalue weighted by molar-refractivity contribution is 0.0943. The molecule has 24 heavy (non-hydrogen) atoms. The number of rotatable bonds is 6. The summed E-state index contributed by atoms with van der Waals surface area (Å²) >= 11 is 0. The predicted octanol–water partition coefficient (Wildman–Crippen LogP) is 2.16. The maximum atomic E-state index is 12.3. The summed E-state index contributed by atoms with van der Waals surface area (Å²) in [5.41, 5.74) is 1.46. The normalized spacial score (nSPS) is 10.3. The van der Waals surface area contributed by atoms with Crippen molar-refractivity contribution in [1.29, 1.82) is 0 Å². The molecule has 0 bridgehead atoms. The maximum absolute atomic E-state index is 12.3. The van der Waals surface area contributed by atoms with E-state index in [0.717, 1.165) is 5.56 Å². The third-order valence-corrected chi connectivity index (χ3v) is 3.31. The van der Waals surface area contributed by atoms with Crippen LogP contribution in [0.4, 0.5) is 0 Å². The van der Waals surface area contributed by atoms with Crippen LogP contribution in [0, 0.1) is 0 Å². The summed E-state index contributed by atoms with van der Waals surface area (Å²) in [6, 6.07) is 10.5. The number of carbonyl (C=O) groups excluding carboxylic acids is 2. The van der Waals surface area contributed by atoms with Crippen LogP contribution in [0.25, 0.3) is 0 Å². The first kappa shape index (κ1) is 17.5. The number of aromatic nitrogens is 1. The molecule has 0 aliphatic rings. The van der Waals surface area contributed by atoms with Crippen LogP contribution in [-0.4, -0.2) is 29.9 Å². The van der Waals surface area contributed by atoms with Crippen LogP contribution in [0.5, 0.6) is 5.75 Å². The van der Waals surface area contributed by atoms with Crippen molar-refractivity contribution in [2.45, 2.75) is 26.4 Å². The summed E-state index contributed by atoms with van der Waals surface area (Å²) < 4.78 is 5.25. The van der Waals surface area contributed by atoms with E-state index < -0.39 is 0 Å². The van der Waals surface area contributed by atoms with Crippen molar-refractivity contribution in [2.75, 3.05) is 7.11 Å². The van der Waals surface area contributed by atoms with Crippen molar-refractivity contribution in [1.82, 2.24) is 15.6 Å². The van der Waals surface area contributed by atoms with Crippen LogP contribution in [0.2, 0.25) is 0 Å². The lowest BCUT2D eigenvalue weighted by Crippen LogP contribution is -2.30. The van der Waals surface area contributed by atoms with Crippen LogP contribution >= 0.6 is 0 Å². The Labute approximate surface area is 141 Å². The van der Waals surface area contributed by atoms with Gasteiger partial charge in [0.15, 0.2) is 0 Å². The molecule has 0 unspecified atom stereocenters. The first-order chi connectivity index (χ1) is 11.5. The average molecular weight is 327 g/mol. The fourth-order valence-corrected chi connectivity index (χ4v) is 2.16. The molecule has 6 heteroatoms. The molecule has 0 radical (unpaired) electrons. The van der Waals surface area contributed by atoms with Crippen molar-refractivity contribution in [2.24, 2.45) is 0 Å². The van der Waals surface area contributed by atoms with E-state index >= 15 is 0 Å². The molecule has 126 valence electrons. The number of methoxy groups -OCH3 is 1. The van der Waals surface area contributed by atoms with E-state index in [-0.39, 0.29) is 23.6 Å². The second-order valence-corrected chi connectivity index (χ2v) is 5.55. The molecule has 2 rings (SSSR count). The minimum atomic E-state index is -0.347. The highest BCUT2D eigenvalue weighted by Crippen LogP contribution is 2.16. The van der Waals surface area contributed by atoms with E-state index in [1.165, 1.54) is 12.3 Å². The summed E-state index contributed by atoms with van der Waals surface area (Å²) in [7, 11) is 1.58. The van der Waals surface area contributed by atoms with E-state index in [1.54, 1.807) is 13.2 Å². The van der Waals surface area contributed by atoms with Gasteiger partial charge in [0.2, 0.25) is 0 Å². The number of hydrogen-bond acceptors (Lipinski definition) is 4. The zero-order valence-electron chi connectivity index (χ0n) is 14.0. The molecular formula is C18H21N3O3. The smallest absolute Gasteiger partial charge is 0.270 e. The number of hydrogen-bond donors (Lipinski definition) is 2. The SMILES string of the molecule is COc1ccccc1CNC(=O)c1cc(C(=O)NC(C)C)ccn1. The molecule has 2 amide bonds. The highest BCUT2D eigenvalue weighted by molar-refractivity contribution is 5.98. The Morgan fingerprint density at radius 3 is 2.62 bits per heavy atom. The van der Waals surface area contributed by atoms with Crippen LogP contribution in [0.1, 0.15) is 40.3 Å². The Kier molecular flexibility index (Phi) is 5.89. The molecular weight excluding hydrogens is 306 g/mol. The molecule has 2 N–H and O–H groups in total. The second-order valence-electron chi connectivity index (χ2n) is 5.55. The lowest BCUT2D eigenvalue weighted by Gasteiger charge is -2.10. The average Bonchev–Trinajstić information content (AvgIpc) is 2.59. The largest absolute Gasteiger partial charge is 0.496 e. The fraction of sp³-hybridized carbons (Fsp3) is 0.278. The highest BCUT2D eigenvalue weighted by Gasteiger charge is 2.13. The monoisotopic (exact) mass is 327 g/mol. The molecule has 0 aliphatic heterocycles. The molecule has 1 heterocycles. The van der Waals surface area contributed by atoms with Crippen LogP contribution in [0.15, 0.2) is 42.6 Å². The number of amides is 2. The van der Waals surface area contributed by atoms with Gasteiger partial charge in [-0.2, -0.15) is 0 Å². The van der Waals surface area contributed by atoms with Crippen LogP contribution < -0.4 is 15.4 Å². The second kappa shape index (κ2) is 8.10. The van der Waals surface area contributed by atoms with Gasteiger partial charge in [-0.1, -0.05) is 18.2 Å². The van der Waals surface area contributed by atoms with Crippen molar-refractivity contribution in [3.05, 3.63) is 59.4 Å². The van der Waals surface area contributed by atoms with E-state index in [4.69, 9.17) is 4.74 Å². The summed E-state index contributed by atoms with van der Waals surface area (Å²) in [4.78, 5) is 28.3. The highest BCUT2D eigenvalue weighted by atomic mass is 16.5. The van der Waals surface area contributed by atoms with Gasteiger partial charge in [-0.25, -0.2) is 0 Å². The quantitative estimate of drug-likeness (QED) is 0.852. The van der Waals surface area contributed by atoms with Gasteiger partial charge in [0.1, 0.15) is 11.4 Å². The Morgan fingerprint density at radius 1 is 1.17 bits per heavy atom. The number of benzene rings is 1. The van der Waals surface area contributed by atoms with Gasteiger partial charge < -0.3 is 15.4 Å². The molecule has 0 fully saturated rings. The number of carbonyl (C=O) groups is 2. The summed E-state index contributed by atoms with van der Waals surface area (Å²) in [5.74, 6) is 0.127. The zero-order valence-corrected chi connectivity index (χ0v) is 14.0. The Hall–Kier alpha value is -2.89. The standard InChI is InChI=1S/C18H21N3O3/c1-12(2)21-17(22)13-8-9-19-15(10-13)18(23)20-11-14-6-4-5-7-16(14)24-3/h4-10,12H,11H2,1-3H3,(H,20,23)(H,21,22). The van der Waals surface area contributed by atoms with E-state index in [0.29, 0.717) is 17.9 Å². The topological polar surface area (TPSA) is 80.3 Å². The fourth-order valence-electron chi connectivity index (χ4n) is 2.16. The molecule has 1 aromatic heterocycles. The van der Waals surface area contributed by atoms with Crippen molar-refractivity contribution >= 4 is 11.8 Å². The Morgan fingerprint density at radius 2 is 1.92 bits per heavy atom. The first-order valence-corrected chi connectivity index (χ1v) is 7.68. The number of nitrogens with one attached hydrogen (secondary N) is 2. The molecule has 1 aromatic carbocycles. The summed E-state index contributed by atoms with van der Waals surface area (Å²) in [6.07, 6.45) is 1.45. The first-order valence-electron chi connectivity index (χ1n) is 7.68. The molecule has 0 saturated heterocycles. The number of para-hydroxylation sites is 1. The van der Waals surface area contributed by atoms with Crippen LogP contribution in [-0.2, 0) is 6.54 Å². The van der Waals surface area contributed by atoms with Crippen LogP contribution in [0.3, 0.4) is 0 Å². The number of nitrogens with zero attached hydrogens (tertiary/aromatic N) is 1. The summed E-state index contributed by atoms with van der Waals surface area (Å²) in [5, 5.41) is 5.57. The van der Waals surface area contributed by atoms with Gasteiger partial charge in [0.25, 0.3) is 11.8 Å². The predicted molar refractivity (Wildman–Crippen MR) is 91.0 cm³/mol. The van der Waals surface area contributed by atoms with Crippen molar-refractivity contribution < 1.29 is 14.3 Å². The molecule has 0 spiro atoms. The third kappa shape index (κ3) is 4.55. The molecule has 2 aromatic rings. The van der Waals surface area contributed by atoms with Crippen molar-refractivity contribution in [3.8, 4) is 5.75 Å². The lowest BCUT2D eigenvalue weighted by atomic mass is 10.2. The van der Waals surface area contributed by atoms with Gasteiger partial charge in [-0.05, 0) is 32.0 Å². The number of pyridine rings is 1.